The Morgan fingerprint density at radius 1 is 1.43 bits per heavy atom. The minimum absolute atomic E-state index is 0.602. The van der Waals surface area contributed by atoms with Gasteiger partial charge in [-0.15, -0.1) is 5.10 Å². The van der Waals surface area contributed by atoms with Crippen LogP contribution in [0.1, 0.15) is 0 Å². The number of tetrazole rings is 1. The van der Waals surface area contributed by atoms with E-state index in [1.165, 1.54) is 0 Å². The van der Waals surface area contributed by atoms with Gasteiger partial charge in [-0.25, -0.2) is 4.68 Å². The molecule has 0 aliphatic heterocycles. The van der Waals surface area contributed by atoms with Crippen molar-refractivity contribution < 1.29 is 0 Å². The van der Waals surface area contributed by atoms with Gasteiger partial charge >= 0.3 is 0 Å². The summed E-state index contributed by atoms with van der Waals surface area (Å²) in [6.07, 6.45) is 0. The van der Waals surface area contributed by atoms with Gasteiger partial charge in [0, 0.05) is 23.3 Å². The fourth-order valence-electron chi connectivity index (χ4n) is 1.18. The zero-order chi connectivity index (χ0) is 10.1. The number of rotatable bonds is 1. The molecule has 0 bridgehead atoms. The molecule has 0 saturated heterocycles. The summed E-state index contributed by atoms with van der Waals surface area (Å²) in [5.41, 5.74) is 7.13. The summed E-state index contributed by atoms with van der Waals surface area (Å²) < 4.78 is 1.54. The van der Waals surface area contributed by atoms with E-state index in [-0.39, 0.29) is 0 Å². The summed E-state index contributed by atoms with van der Waals surface area (Å²) in [5.74, 6) is 0.602. The highest BCUT2D eigenvalue weighted by Crippen LogP contribution is 2.26. The standard InChI is InChI=1S/C8H8ClN5/c1-14-8(11-12-13-14)6-4-5(9)2-3-7(6)10/h2-4H,10H2,1H3. The molecule has 6 heteroatoms. The highest BCUT2D eigenvalue weighted by Gasteiger charge is 2.09. The fraction of sp³-hybridized carbons (Fsp3) is 0.125. The second-order valence-electron chi connectivity index (χ2n) is 2.86. The number of halogens is 1. The normalized spacial score (nSPS) is 10.4. The van der Waals surface area contributed by atoms with Gasteiger partial charge in [0.05, 0.1) is 0 Å². The SMILES string of the molecule is Cn1nnnc1-c1cc(Cl)ccc1N. The molecule has 0 fully saturated rings. The molecule has 2 aromatic rings. The maximum atomic E-state index is 5.85. The third-order valence-electron chi connectivity index (χ3n) is 1.88. The summed E-state index contributed by atoms with van der Waals surface area (Å²) in [7, 11) is 1.75. The molecule has 0 amide bonds. The molecule has 0 aliphatic rings. The Kier molecular flexibility index (Phi) is 2.09. The first-order valence-corrected chi connectivity index (χ1v) is 4.34. The van der Waals surface area contributed by atoms with Gasteiger partial charge in [-0.1, -0.05) is 11.6 Å². The number of aromatic nitrogens is 4. The van der Waals surface area contributed by atoms with Crippen molar-refractivity contribution in [1.29, 1.82) is 0 Å². The summed E-state index contributed by atoms with van der Waals surface area (Å²) in [5, 5.41) is 11.7. The van der Waals surface area contributed by atoms with Crippen LogP contribution in [-0.4, -0.2) is 20.2 Å². The van der Waals surface area contributed by atoms with E-state index in [2.05, 4.69) is 15.5 Å². The van der Waals surface area contributed by atoms with Crippen molar-refractivity contribution in [2.75, 3.05) is 5.73 Å². The van der Waals surface area contributed by atoms with Crippen molar-refractivity contribution in [1.82, 2.24) is 20.2 Å². The van der Waals surface area contributed by atoms with Crippen LogP contribution in [0.2, 0.25) is 5.02 Å². The van der Waals surface area contributed by atoms with Gasteiger partial charge in [-0.3, -0.25) is 0 Å². The summed E-state index contributed by atoms with van der Waals surface area (Å²) in [6, 6.07) is 5.19. The largest absolute Gasteiger partial charge is 0.398 e. The second kappa shape index (κ2) is 3.26. The molecule has 0 radical (unpaired) electrons. The topological polar surface area (TPSA) is 69.6 Å². The van der Waals surface area contributed by atoms with Gasteiger partial charge in [0.15, 0.2) is 5.82 Å². The van der Waals surface area contributed by atoms with E-state index >= 15 is 0 Å². The minimum Gasteiger partial charge on any atom is -0.398 e. The zero-order valence-electron chi connectivity index (χ0n) is 7.48. The van der Waals surface area contributed by atoms with Crippen molar-refractivity contribution in [3.05, 3.63) is 23.2 Å². The van der Waals surface area contributed by atoms with Crippen molar-refractivity contribution in [3.8, 4) is 11.4 Å². The van der Waals surface area contributed by atoms with E-state index in [0.29, 0.717) is 16.5 Å². The first-order valence-electron chi connectivity index (χ1n) is 3.96. The van der Waals surface area contributed by atoms with Gasteiger partial charge in [0.1, 0.15) is 0 Å². The van der Waals surface area contributed by atoms with Crippen LogP contribution < -0.4 is 5.73 Å². The molecule has 0 unspecified atom stereocenters. The summed E-state index contributed by atoms with van der Waals surface area (Å²) in [6.45, 7) is 0. The van der Waals surface area contributed by atoms with Gasteiger partial charge in [0.25, 0.3) is 0 Å². The fourth-order valence-corrected chi connectivity index (χ4v) is 1.35. The number of benzene rings is 1. The van der Waals surface area contributed by atoms with Crippen molar-refractivity contribution in [2.24, 2.45) is 7.05 Å². The van der Waals surface area contributed by atoms with E-state index in [1.54, 1.807) is 29.9 Å². The van der Waals surface area contributed by atoms with Crippen molar-refractivity contribution >= 4 is 17.3 Å². The molecule has 1 heterocycles. The van der Waals surface area contributed by atoms with Crippen LogP contribution in [0.4, 0.5) is 5.69 Å². The molecule has 0 spiro atoms. The third kappa shape index (κ3) is 1.42. The summed E-state index contributed by atoms with van der Waals surface area (Å²) in [4.78, 5) is 0. The van der Waals surface area contributed by atoms with Crippen LogP contribution in [0.3, 0.4) is 0 Å². The lowest BCUT2D eigenvalue weighted by Crippen LogP contribution is -1.98. The summed E-state index contributed by atoms with van der Waals surface area (Å²) >= 11 is 5.85. The molecule has 14 heavy (non-hydrogen) atoms. The number of nitrogens with two attached hydrogens (primary N) is 1. The van der Waals surface area contributed by atoms with Gasteiger partial charge < -0.3 is 5.73 Å². The zero-order valence-corrected chi connectivity index (χ0v) is 8.23. The lowest BCUT2D eigenvalue weighted by atomic mass is 10.2. The molecule has 72 valence electrons. The molecular formula is C8H8ClN5. The third-order valence-corrected chi connectivity index (χ3v) is 2.11. The van der Waals surface area contributed by atoms with E-state index < -0.39 is 0 Å². The predicted molar refractivity (Wildman–Crippen MR) is 53.7 cm³/mol. The first-order chi connectivity index (χ1) is 6.68. The number of aryl methyl sites for hydroxylation is 1. The minimum atomic E-state index is 0.602. The molecule has 0 atom stereocenters. The lowest BCUT2D eigenvalue weighted by Gasteiger charge is -2.03. The van der Waals surface area contributed by atoms with Crippen molar-refractivity contribution in [3.63, 3.8) is 0 Å². The molecule has 0 aliphatic carbocycles. The molecule has 0 saturated carbocycles. The van der Waals surface area contributed by atoms with E-state index in [4.69, 9.17) is 17.3 Å². The smallest absolute Gasteiger partial charge is 0.183 e. The Balaban J connectivity index is 2.62. The molecule has 1 aromatic carbocycles. The molecule has 1 aromatic heterocycles. The van der Waals surface area contributed by atoms with Crippen LogP contribution in [-0.2, 0) is 7.05 Å². The lowest BCUT2D eigenvalue weighted by molar-refractivity contribution is 0.715. The van der Waals surface area contributed by atoms with Gasteiger partial charge in [-0.2, -0.15) is 0 Å². The van der Waals surface area contributed by atoms with Gasteiger partial charge in [-0.05, 0) is 28.6 Å². The van der Waals surface area contributed by atoms with E-state index in [1.807, 2.05) is 0 Å². The molecule has 5 nitrogen and oxygen atoms in total. The molecular weight excluding hydrogens is 202 g/mol. The van der Waals surface area contributed by atoms with Crippen molar-refractivity contribution in [2.45, 2.75) is 0 Å². The molecule has 2 N–H and O–H groups in total. The highest BCUT2D eigenvalue weighted by molar-refractivity contribution is 6.31. The van der Waals surface area contributed by atoms with Crippen LogP contribution in [0.5, 0.6) is 0 Å². The number of anilines is 1. The highest BCUT2D eigenvalue weighted by atomic mass is 35.5. The number of hydrogen-bond donors (Lipinski definition) is 1. The van der Waals surface area contributed by atoms with E-state index in [9.17, 15) is 0 Å². The monoisotopic (exact) mass is 209 g/mol. The average molecular weight is 210 g/mol. The number of nitrogen functional groups attached to an aromatic ring is 1. The average Bonchev–Trinajstić information content (AvgIpc) is 2.56. The maximum Gasteiger partial charge on any atom is 0.183 e. The maximum absolute atomic E-state index is 5.85. The molecule has 2 rings (SSSR count). The van der Waals surface area contributed by atoms with E-state index in [0.717, 1.165) is 5.56 Å². The first kappa shape index (κ1) is 8.96. The Morgan fingerprint density at radius 2 is 2.21 bits per heavy atom. The number of nitrogens with zero attached hydrogens (tertiary/aromatic N) is 4. The Bertz CT molecular complexity index is 465. The van der Waals surface area contributed by atoms with Crippen LogP contribution in [0.15, 0.2) is 18.2 Å². The number of hydrogen-bond acceptors (Lipinski definition) is 4. The predicted octanol–water partition coefficient (Wildman–Crippen LogP) is 1.11. The van der Waals surface area contributed by atoms with Crippen LogP contribution in [0.25, 0.3) is 11.4 Å². The van der Waals surface area contributed by atoms with Crippen LogP contribution in [0, 0.1) is 0 Å². The second-order valence-corrected chi connectivity index (χ2v) is 3.29. The van der Waals surface area contributed by atoms with Crippen LogP contribution >= 0.6 is 11.6 Å². The Labute approximate surface area is 85.5 Å². The Hall–Kier alpha value is -1.62. The van der Waals surface area contributed by atoms with Gasteiger partial charge in [0.2, 0.25) is 0 Å². The Morgan fingerprint density at radius 3 is 2.86 bits per heavy atom. The quantitative estimate of drug-likeness (QED) is 0.715.